The fourth-order valence-electron chi connectivity index (χ4n) is 1.61. The molecule has 0 radical (unpaired) electrons. The summed E-state index contributed by atoms with van der Waals surface area (Å²) in [7, 11) is 0. The van der Waals surface area contributed by atoms with Crippen LogP contribution in [0.3, 0.4) is 0 Å². The van der Waals surface area contributed by atoms with Crippen LogP contribution in [0.15, 0.2) is 0 Å². The summed E-state index contributed by atoms with van der Waals surface area (Å²) in [6.45, 7) is 6.49. The summed E-state index contributed by atoms with van der Waals surface area (Å²) in [6.07, 6.45) is 0.922. The highest BCUT2D eigenvalue weighted by Gasteiger charge is 2.50. The third-order valence-corrected chi connectivity index (χ3v) is 2.81. The molecular formula is C10H16N4O2. The number of rotatable bonds is 4. The minimum Gasteiger partial charge on any atom is -0.463 e. The highest BCUT2D eigenvalue weighted by molar-refractivity contribution is 5.93. The maximum absolute atomic E-state index is 11.7. The lowest BCUT2D eigenvalue weighted by Gasteiger charge is -2.02. The van der Waals surface area contributed by atoms with Gasteiger partial charge in [0.05, 0.1) is 6.61 Å². The van der Waals surface area contributed by atoms with Gasteiger partial charge in [0.25, 0.3) is 0 Å². The highest BCUT2D eigenvalue weighted by Crippen LogP contribution is 2.51. The SMILES string of the molecule is CCOc1n[nH]c(NC(=O)C2CC2(C)C)n1. The molecule has 1 amide bonds. The summed E-state index contributed by atoms with van der Waals surface area (Å²) >= 11 is 0. The van der Waals surface area contributed by atoms with E-state index in [1.807, 2.05) is 6.92 Å². The average molecular weight is 224 g/mol. The minimum atomic E-state index is -0.0100. The second kappa shape index (κ2) is 3.77. The van der Waals surface area contributed by atoms with Crippen molar-refractivity contribution in [2.45, 2.75) is 27.2 Å². The van der Waals surface area contributed by atoms with E-state index in [9.17, 15) is 4.79 Å². The van der Waals surface area contributed by atoms with Crippen molar-refractivity contribution in [2.24, 2.45) is 11.3 Å². The fourth-order valence-corrected chi connectivity index (χ4v) is 1.61. The maximum Gasteiger partial charge on any atom is 0.337 e. The second-order valence-corrected chi connectivity index (χ2v) is 4.63. The van der Waals surface area contributed by atoms with Gasteiger partial charge < -0.3 is 4.74 Å². The number of carbonyl (C=O) groups excluding carboxylic acids is 1. The van der Waals surface area contributed by atoms with Crippen molar-refractivity contribution in [1.82, 2.24) is 15.2 Å². The first-order valence-corrected chi connectivity index (χ1v) is 5.39. The number of anilines is 1. The lowest BCUT2D eigenvalue weighted by atomic mass is 10.1. The predicted octanol–water partition coefficient (Wildman–Crippen LogP) is 1.19. The van der Waals surface area contributed by atoms with Gasteiger partial charge in [-0.3, -0.25) is 10.1 Å². The van der Waals surface area contributed by atoms with Crippen LogP contribution in [-0.2, 0) is 4.79 Å². The molecule has 0 bridgehead atoms. The molecule has 1 fully saturated rings. The van der Waals surface area contributed by atoms with Crippen molar-refractivity contribution in [3.8, 4) is 6.01 Å². The maximum atomic E-state index is 11.7. The molecule has 2 N–H and O–H groups in total. The number of amides is 1. The molecule has 1 atom stereocenters. The van der Waals surface area contributed by atoms with E-state index >= 15 is 0 Å². The first kappa shape index (κ1) is 10.9. The van der Waals surface area contributed by atoms with Gasteiger partial charge in [0, 0.05) is 5.92 Å². The van der Waals surface area contributed by atoms with Gasteiger partial charge in [0.2, 0.25) is 11.9 Å². The molecule has 1 aromatic heterocycles. The third kappa shape index (κ3) is 2.15. The van der Waals surface area contributed by atoms with Gasteiger partial charge in [-0.25, -0.2) is 5.10 Å². The van der Waals surface area contributed by atoms with E-state index in [1.54, 1.807) is 0 Å². The lowest BCUT2D eigenvalue weighted by Crippen LogP contribution is -2.17. The second-order valence-electron chi connectivity index (χ2n) is 4.63. The summed E-state index contributed by atoms with van der Waals surface area (Å²) < 4.78 is 5.08. The standard InChI is InChI=1S/C10H16N4O2/c1-4-16-9-12-8(13-14-9)11-7(15)6-5-10(6,2)3/h6H,4-5H2,1-3H3,(H2,11,12,13,14,15). The molecule has 1 unspecified atom stereocenters. The Hall–Kier alpha value is -1.59. The van der Waals surface area contributed by atoms with Gasteiger partial charge in [0.1, 0.15) is 0 Å². The normalized spacial score (nSPS) is 21.6. The van der Waals surface area contributed by atoms with Crippen LogP contribution in [0.5, 0.6) is 6.01 Å². The van der Waals surface area contributed by atoms with Gasteiger partial charge in [-0.2, -0.15) is 4.98 Å². The summed E-state index contributed by atoms with van der Waals surface area (Å²) in [4.78, 5) is 15.7. The minimum absolute atomic E-state index is 0.0100. The Morgan fingerprint density at radius 1 is 1.69 bits per heavy atom. The Morgan fingerprint density at radius 3 is 2.94 bits per heavy atom. The molecule has 1 saturated carbocycles. The lowest BCUT2D eigenvalue weighted by molar-refractivity contribution is -0.118. The van der Waals surface area contributed by atoms with E-state index in [-0.39, 0.29) is 23.3 Å². The zero-order chi connectivity index (χ0) is 11.8. The van der Waals surface area contributed by atoms with Crippen molar-refractivity contribution in [3.05, 3.63) is 0 Å². The third-order valence-electron chi connectivity index (χ3n) is 2.81. The smallest absolute Gasteiger partial charge is 0.337 e. The number of aromatic nitrogens is 3. The molecule has 1 heterocycles. The molecule has 1 aliphatic carbocycles. The first-order chi connectivity index (χ1) is 7.53. The summed E-state index contributed by atoms with van der Waals surface area (Å²) in [5.74, 6) is 0.411. The van der Waals surface area contributed by atoms with Gasteiger partial charge >= 0.3 is 6.01 Å². The molecule has 88 valence electrons. The highest BCUT2D eigenvalue weighted by atomic mass is 16.5. The number of ether oxygens (including phenoxy) is 1. The van der Waals surface area contributed by atoms with Crippen LogP contribution in [0.1, 0.15) is 27.2 Å². The topological polar surface area (TPSA) is 79.9 Å². The molecule has 0 aromatic carbocycles. The van der Waals surface area contributed by atoms with Crippen LogP contribution in [0.25, 0.3) is 0 Å². The van der Waals surface area contributed by atoms with Crippen LogP contribution in [0, 0.1) is 11.3 Å². The first-order valence-electron chi connectivity index (χ1n) is 5.39. The van der Waals surface area contributed by atoms with Crippen LogP contribution < -0.4 is 10.1 Å². The van der Waals surface area contributed by atoms with Crippen LogP contribution >= 0.6 is 0 Å². The van der Waals surface area contributed by atoms with E-state index < -0.39 is 0 Å². The Kier molecular flexibility index (Phi) is 2.57. The van der Waals surface area contributed by atoms with Crippen molar-refractivity contribution in [3.63, 3.8) is 0 Å². The molecule has 0 saturated heterocycles. The summed E-state index contributed by atoms with van der Waals surface area (Å²) in [6, 6.07) is 0.257. The molecule has 1 aromatic rings. The largest absolute Gasteiger partial charge is 0.463 e. The fraction of sp³-hybridized carbons (Fsp3) is 0.700. The molecule has 0 aliphatic heterocycles. The quantitative estimate of drug-likeness (QED) is 0.805. The number of nitrogens with zero attached hydrogens (tertiary/aromatic N) is 2. The van der Waals surface area contributed by atoms with Gasteiger partial charge in [0.15, 0.2) is 0 Å². The molecular weight excluding hydrogens is 208 g/mol. The molecule has 6 heteroatoms. The van der Waals surface area contributed by atoms with Gasteiger partial charge in [-0.15, -0.1) is 5.10 Å². The van der Waals surface area contributed by atoms with Gasteiger partial charge in [-0.1, -0.05) is 13.8 Å². The van der Waals surface area contributed by atoms with Crippen LogP contribution in [0.2, 0.25) is 0 Å². The zero-order valence-corrected chi connectivity index (χ0v) is 9.70. The molecule has 1 aliphatic rings. The Balaban J connectivity index is 1.91. The molecule has 6 nitrogen and oxygen atoms in total. The number of nitrogens with one attached hydrogen (secondary N) is 2. The average Bonchev–Trinajstić information content (AvgIpc) is 2.64. The number of aromatic amines is 1. The molecule has 0 spiro atoms. The van der Waals surface area contributed by atoms with E-state index in [1.165, 1.54) is 0 Å². The summed E-state index contributed by atoms with van der Waals surface area (Å²) in [5, 5.41) is 9.11. The monoisotopic (exact) mass is 224 g/mol. The van der Waals surface area contributed by atoms with E-state index in [0.717, 1.165) is 6.42 Å². The summed E-state index contributed by atoms with van der Waals surface area (Å²) in [5.41, 5.74) is 0.118. The Labute approximate surface area is 93.8 Å². The number of hydrogen-bond donors (Lipinski definition) is 2. The van der Waals surface area contributed by atoms with Crippen molar-refractivity contribution < 1.29 is 9.53 Å². The molecule has 16 heavy (non-hydrogen) atoms. The van der Waals surface area contributed by atoms with Crippen molar-refractivity contribution in [2.75, 3.05) is 11.9 Å². The zero-order valence-electron chi connectivity index (χ0n) is 9.70. The number of carbonyl (C=O) groups is 1. The van der Waals surface area contributed by atoms with Crippen LogP contribution in [0.4, 0.5) is 5.95 Å². The van der Waals surface area contributed by atoms with Crippen molar-refractivity contribution in [1.29, 1.82) is 0 Å². The Morgan fingerprint density at radius 2 is 2.38 bits per heavy atom. The van der Waals surface area contributed by atoms with Gasteiger partial charge in [-0.05, 0) is 18.8 Å². The van der Waals surface area contributed by atoms with E-state index in [2.05, 4.69) is 34.3 Å². The predicted molar refractivity (Wildman–Crippen MR) is 58.1 cm³/mol. The van der Waals surface area contributed by atoms with Crippen molar-refractivity contribution >= 4 is 11.9 Å². The molecule has 2 rings (SSSR count). The number of hydrogen-bond acceptors (Lipinski definition) is 4. The van der Waals surface area contributed by atoms with E-state index in [0.29, 0.717) is 12.6 Å². The van der Waals surface area contributed by atoms with Crippen LogP contribution in [-0.4, -0.2) is 27.7 Å². The van der Waals surface area contributed by atoms with E-state index in [4.69, 9.17) is 4.74 Å². The Bertz CT molecular complexity index is 399. The number of H-pyrrole nitrogens is 1.